The van der Waals surface area contributed by atoms with E-state index in [-0.39, 0.29) is 16.6 Å². The van der Waals surface area contributed by atoms with Gasteiger partial charge in [0.2, 0.25) is 5.91 Å². The SMILES string of the molecule is O=C(Cn1nc(-c2ccc(F)c(F)c2)c2ccccc2c1=O)Nc1ccc(F)cc1. The average molecular weight is 409 g/mol. The molecular formula is C22H14F3N3O2. The van der Waals surface area contributed by atoms with Crippen LogP contribution in [0.3, 0.4) is 0 Å². The van der Waals surface area contributed by atoms with Crippen LogP contribution in [0.1, 0.15) is 0 Å². The summed E-state index contributed by atoms with van der Waals surface area (Å²) in [6.07, 6.45) is 0. The molecule has 0 saturated heterocycles. The molecule has 4 aromatic rings. The monoisotopic (exact) mass is 409 g/mol. The van der Waals surface area contributed by atoms with Gasteiger partial charge in [-0.25, -0.2) is 17.9 Å². The molecule has 1 heterocycles. The third-order valence-electron chi connectivity index (χ3n) is 4.48. The third kappa shape index (κ3) is 3.80. The minimum Gasteiger partial charge on any atom is -0.324 e. The molecule has 1 N–H and O–H groups in total. The van der Waals surface area contributed by atoms with Gasteiger partial charge in [-0.2, -0.15) is 5.10 Å². The number of nitrogens with zero attached hydrogens (tertiary/aromatic N) is 2. The van der Waals surface area contributed by atoms with Crippen LogP contribution in [0.25, 0.3) is 22.0 Å². The molecule has 1 amide bonds. The van der Waals surface area contributed by atoms with E-state index in [0.717, 1.165) is 16.8 Å². The van der Waals surface area contributed by atoms with Crippen LogP contribution >= 0.6 is 0 Å². The van der Waals surface area contributed by atoms with Crippen LogP contribution < -0.4 is 10.9 Å². The van der Waals surface area contributed by atoms with Gasteiger partial charge in [0, 0.05) is 16.6 Å². The van der Waals surface area contributed by atoms with E-state index >= 15 is 0 Å². The van der Waals surface area contributed by atoms with E-state index in [2.05, 4.69) is 10.4 Å². The highest BCUT2D eigenvalue weighted by atomic mass is 19.2. The fourth-order valence-corrected chi connectivity index (χ4v) is 3.07. The molecule has 0 aliphatic rings. The Hall–Kier alpha value is -3.94. The van der Waals surface area contributed by atoms with Crippen LogP contribution in [0, 0.1) is 17.5 Å². The lowest BCUT2D eigenvalue weighted by Gasteiger charge is -2.12. The first-order valence-corrected chi connectivity index (χ1v) is 8.93. The van der Waals surface area contributed by atoms with E-state index in [1.807, 2.05) is 0 Å². The van der Waals surface area contributed by atoms with Crippen molar-refractivity contribution < 1.29 is 18.0 Å². The highest BCUT2D eigenvalue weighted by Gasteiger charge is 2.15. The first-order chi connectivity index (χ1) is 14.4. The van der Waals surface area contributed by atoms with Crippen molar-refractivity contribution in [2.45, 2.75) is 6.54 Å². The second kappa shape index (κ2) is 7.82. The molecule has 4 rings (SSSR count). The Morgan fingerprint density at radius 1 is 0.900 bits per heavy atom. The van der Waals surface area contributed by atoms with Gasteiger partial charge in [0.05, 0.1) is 11.1 Å². The maximum Gasteiger partial charge on any atom is 0.275 e. The average Bonchev–Trinajstić information content (AvgIpc) is 2.74. The summed E-state index contributed by atoms with van der Waals surface area (Å²) < 4.78 is 41.1. The Balaban J connectivity index is 1.75. The molecule has 30 heavy (non-hydrogen) atoms. The normalized spacial score (nSPS) is 10.9. The van der Waals surface area contributed by atoms with Gasteiger partial charge >= 0.3 is 0 Å². The number of hydrogen-bond donors (Lipinski definition) is 1. The van der Waals surface area contributed by atoms with E-state index in [4.69, 9.17) is 0 Å². The molecule has 3 aromatic carbocycles. The third-order valence-corrected chi connectivity index (χ3v) is 4.48. The topological polar surface area (TPSA) is 64.0 Å². The number of benzene rings is 3. The van der Waals surface area contributed by atoms with Crippen LogP contribution in [0.2, 0.25) is 0 Å². The number of nitrogens with one attached hydrogen (secondary N) is 1. The second-order valence-corrected chi connectivity index (χ2v) is 6.54. The van der Waals surface area contributed by atoms with E-state index in [1.165, 1.54) is 30.3 Å². The quantitative estimate of drug-likeness (QED) is 0.552. The van der Waals surface area contributed by atoms with Crippen molar-refractivity contribution in [3.05, 3.63) is 94.5 Å². The molecule has 0 bridgehead atoms. The summed E-state index contributed by atoms with van der Waals surface area (Å²) in [4.78, 5) is 25.2. The molecule has 150 valence electrons. The fraction of sp³-hybridized carbons (Fsp3) is 0.0455. The smallest absolute Gasteiger partial charge is 0.275 e. The number of aromatic nitrogens is 2. The van der Waals surface area contributed by atoms with Crippen molar-refractivity contribution in [2.24, 2.45) is 0 Å². The Morgan fingerprint density at radius 2 is 1.60 bits per heavy atom. The molecule has 0 unspecified atom stereocenters. The van der Waals surface area contributed by atoms with Crippen LogP contribution in [-0.4, -0.2) is 15.7 Å². The lowest BCUT2D eigenvalue weighted by molar-refractivity contribution is -0.117. The van der Waals surface area contributed by atoms with Crippen LogP contribution in [0.15, 0.2) is 71.5 Å². The first-order valence-electron chi connectivity index (χ1n) is 8.93. The molecule has 0 aliphatic heterocycles. The summed E-state index contributed by atoms with van der Waals surface area (Å²) >= 11 is 0. The van der Waals surface area contributed by atoms with Gasteiger partial charge < -0.3 is 5.32 Å². The molecular weight excluding hydrogens is 395 g/mol. The molecule has 0 aliphatic carbocycles. The van der Waals surface area contributed by atoms with E-state index in [9.17, 15) is 22.8 Å². The van der Waals surface area contributed by atoms with Gasteiger partial charge in [-0.3, -0.25) is 9.59 Å². The van der Waals surface area contributed by atoms with Crippen molar-refractivity contribution in [1.82, 2.24) is 9.78 Å². The zero-order valence-electron chi connectivity index (χ0n) is 15.4. The van der Waals surface area contributed by atoms with Crippen molar-refractivity contribution in [1.29, 1.82) is 0 Å². The molecule has 0 spiro atoms. The Bertz CT molecular complexity index is 1320. The van der Waals surface area contributed by atoms with Crippen molar-refractivity contribution in [3.8, 4) is 11.3 Å². The first kappa shape index (κ1) is 19.4. The molecule has 8 heteroatoms. The maximum absolute atomic E-state index is 13.8. The highest BCUT2D eigenvalue weighted by molar-refractivity contribution is 5.94. The van der Waals surface area contributed by atoms with E-state index in [1.54, 1.807) is 24.3 Å². The van der Waals surface area contributed by atoms with Gasteiger partial charge in [-0.15, -0.1) is 0 Å². The van der Waals surface area contributed by atoms with Crippen LogP contribution in [-0.2, 0) is 11.3 Å². The molecule has 1 aromatic heterocycles. The highest BCUT2D eigenvalue weighted by Crippen LogP contribution is 2.26. The lowest BCUT2D eigenvalue weighted by Crippen LogP contribution is -2.30. The number of rotatable bonds is 4. The van der Waals surface area contributed by atoms with Crippen molar-refractivity contribution in [2.75, 3.05) is 5.32 Å². The maximum atomic E-state index is 13.8. The molecule has 0 fully saturated rings. The predicted octanol–water partition coefficient (Wildman–Crippen LogP) is 4.12. The number of fused-ring (bicyclic) bond motifs is 1. The van der Waals surface area contributed by atoms with Crippen molar-refractivity contribution in [3.63, 3.8) is 0 Å². The molecule has 0 saturated carbocycles. The number of halogens is 3. The number of carbonyl (C=O) groups excluding carboxylic acids is 1. The van der Waals surface area contributed by atoms with Crippen LogP contribution in [0.4, 0.5) is 18.9 Å². The number of amides is 1. The van der Waals surface area contributed by atoms with Crippen LogP contribution in [0.5, 0.6) is 0 Å². The van der Waals surface area contributed by atoms with E-state index in [0.29, 0.717) is 11.1 Å². The number of anilines is 1. The Kier molecular flexibility index (Phi) is 5.05. The molecule has 0 radical (unpaired) electrons. The summed E-state index contributed by atoms with van der Waals surface area (Å²) in [7, 11) is 0. The van der Waals surface area contributed by atoms with Crippen molar-refractivity contribution >= 4 is 22.4 Å². The summed E-state index contributed by atoms with van der Waals surface area (Å²) in [5, 5.41) is 7.51. The second-order valence-electron chi connectivity index (χ2n) is 6.54. The van der Waals surface area contributed by atoms with Gasteiger partial charge in [0.1, 0.15) is 12.4 Å². The molecule has 0 atom stereocenters. The number of hydrogen-bond acceptors (Lipinski definition) is 3. The fourth-order valence-electron chi connectivity index (χ4n) is 3.07. The largest absolute Gasteiger partial charge is 0.324 e. The number of carbonyl (C=O) groups is 1. The summed E-state index contributed by atoms with van der Waals surface area (Å²) in [5.74, 6) is -3.06. The molecule has 5 nitrogen and oxygen atoms in total. The predicted molar refractivity (Wildman–Crippen MR) is 106 cm³/mol. The van der Waals surface area contributed by atoms with Gasteiger partial charge in [0.25, 0.3) is 5.56 Å². The Morgan fingerprint density at radius 3 is 2.30 bits per heavy atom. The Labute approximate surface area is 168 Å². The lowest BCUT2D eigenvalue weighted by atomic mass is 10.0. The summed E-state index contributed by atoms with van der Waals surface area (Å²) in [5.41, 5.74) is 0.346. The standard InChI is InChI=1S/C22H14F3N3O2/c23-14-6-8-15(9-7-14)26-20(29)12-28-22(30)17-4-2-1-3-16(17)21(27-28)13-5-10-18(24)19(25)11-13/h1-11H,12H2,(H,26,29). The summed E-state index contributed by atoms with van der Waals surface area (Å²) in [6.45, 7) is -0.419. The van der Waals surface area contributed by atoms with Gasteiger partial charge in [-0.1, -0.05) is 18.2 Å². The summed E-state index contributed by atoms with van der Waals surface area (Å²) in [6, 6.07) is 15.0. The van der Waals surface area contributed by atoms with Gasteiger partial charge in [-0.05, 0) is 48.5 Å². The zero-order valence-corrected chi connectivity index (χ0v) is 15.4. The van der Waals surface area contributed by atoms with E-state index < -0.39 is 35.5 Å². The van der Waals surface area contributed by atoms with Gasteiger partial charge in [0.15, 0.2) is 11.6 Å². The minimum absolute atomic E-state index is 0.235. The zero-order chi connectivity index (χ0) is 21.3. The minimum atomic E-state index is -1.05.